The Hall–Kier alpha value is -0.950. The maximum absolute atomic E-state index is 12.0. The number of carbonyl (C=O) groups is 2. The van der Waals surface area contributed by atoms with Gasteiger partial charge in [0, 0.05) is 9.26 Å². The van der Waals surface area contributed by atoms with Crippen molar-refractivity contribution in [1.29, 1.82) is 0 Å². The third-order valence-corrected chi connectivity index (χ3v) is 3.95. The summed E-state index contributed by atoms with van der Waals surface area (Å²) in [5, 5.41) is 2.87. The predicted molar refractivity (Wildman–Crippen MR) is 83.1 cm³/mol. The quantitative estimate of drug-likeness (QED) is 0.652. The molecule has 0 aromatic heterocycles. The zero-order valence-electron chi connectivity index (χ0n) is 10.6. The average Bonchev–Trinajstić information content (AvgIpc) is 2.39. The van der Waals surface area contributed by atoms with E-state index >= 15 is 0 Å². The number of likely N-dealkylation sites (tertiary alicyclic amines) is 1. The zero-order chi connectivity index (χ0) is 13.7. The molecule has 1 aliphatic rings. The van der Waals surface area contributed by atoms with Crippen LogP contribution in [0.25, 0.3) is 0 Å². The van der Waals surface area contributed by atoms with Crippen LogP contribution >= 0.6 is 22.6 Å². The summed E-state index contributed by atoms with van der Waals surface area (Å²) < 4.78 is 1.08. The van der Waals surface area contributed by atoms with Crippen LogP contribution in [0.15, 0.2) is 24.3 Å². The number of anilines is 1. The molecule has 0 bridgehead atoms. The lowest BCUT2D eigenvalue weighted by atomic mass is 10.0. The number of aldehydes is 1. The van der Waals surface area contributed by atoms with Gasteiger partial charge in [-0.2, -0.15) is 0 Å². The Morgan fingerprint density at radius 2 is 2.32 bits per heavy atom. The topological polar surface area (TPSA) is 49.4 Å². The van der Waals surface area contributed by atoms with Crippen LogP contribution in [0.2, 0.25) is 0 Å². The summed E-state index contributed by atoms with van der Waals surface area (Å²) in [7, 11) is 0. The molecule has 0 saturated carbocycles. The molecule has 5 heteroatoms. The van der Waals surface area contributed by atoms with Crippen LogP contribution in [-0.4, -0.2) is 36.2 Å². The van der Waals surface area contributed by atoms with E-state index in [0.717, 1.165) is 41.4 Å². The highest BCUT2D eigenvalue weighted by Crippen LogP contribution is 2.16. The molecule has 0 aliphatic carbocycles. The van der Waals surface area contributed by atoms with Gasteiger partial charge in [-0.15, -0.1) is 0 Å². The summed E-state index contributed by atoms with van der Waals surface area (Å²) >= 11 is 2.21. The Kier molecular flexibility index (Phi) is 5.33. The normalized spacial score (nSPS) is 19.9. The number of hydrogen-bond acceptors (Lipinski definition) is 3. The van der Waals surface area contributed by atoms with Crippen LogP contribution in [0.5, 0.6) is 0 Å². The van der Waals surface area contributed by atoms with Gasteiger partial charge in [-0.3, -0.25) is 9.69 Å². The van der Waals surface area contributed by atoms with Gasteiger partial charge in [0.2, 0.25) is 5.91 Å². The third kappa shape index (κ3) is 4.28. The molecule has 1 fully saturated rings. The van der Waals surface area contributed by atoms with Crippen LogP contribution in [0.4, 0.5) is 5.69 Å². The van der Waals surface area contributed by atoms with Crippen molar-refractivity contribution in [2.45, 2.75) is 25.3 Å². The first-order valence-corrected chi connectivity index (χ1v) is 7.51. The molecule has 0 radical (unpaired) electrons. The van der Waals surface area contributed by atoms with E-state index in [2.05, 4.69) is 27.9 Å². The predicted octanol–water partition coefficient (Wildman–Crippen LogP) is 2.28. The lowest BCUT2D eigenvalue weighted by Crippen LogP contribution is -2.44. The molecule has 1 aromatic carbocycles. The molecule has 1 aliphatic heterocycles. The van der Waals surface area contributed by atoms with E-state index in [0.29, 0.717) is 0 Å². The minimum Gasteiger partial charge on any atom is -0.325 e. The van der Waals surface area contributed by atoms with Crippen molar-refractivity contribution >= 4 is 40.5 Å². The smallest absolute Gasteiger partial charge is 0.238 e. The number of carbonyl (C=O) groups excluding carboxylic acids is 2. The Balaban J connectivity index is 1.91. The highest BCUT2D eigenvalue weighted by molar-refractivity contribution is 14.1. The second-order valence-electron chi connectivity index (χ2n) is 4.73. The van der Waals surface area contributed by atoms with Gasteiger partial charge in [0.15, 0.2) is 0 Å². The standard InChI is InChI=1S/C14H17IN2O2/c15-11-4-3-5-12(8-11)16-14(19)9-17-7-2-1-6-13(17)10-18/h3-5,8,10,13H,1-2,6-7,9H2,(H,16,19). The molecule has 0 spiro atoms. The molecule has 1 unspecified atom stereocenters. The van der Waals surface area contributed by atoms with Crippen LogP contribution in [0, 0.1) is 3.57 Å². The van der Waals surface area contributed by atoms with Gasteiger partial charge < -0.3 is 10.1 Å². The second kappa shape index (κ2) is 7.00. The fourth-order valence-corrected chi connectivity index (χ4v) is 2.86. The third-order valence-electron chi connectivity index (χ3n) is 3.28. The molecule has 1 N–H and O–H groups in total. The fourth-order valence-electron chi connectivity index (χ4n) is 2.32. The van der Waals surface area contributed by atoms with Crippen LogP contribution < -0.4 is 5.32 Å². The Labute approximate surface area is 126 Å². The second-order valence-corrected chi connectivity index (χ2v) is 5.97. The van der Waals surface area contributed by atoms with Gasteiger partial charge in [-0.25, -0.2) is 0 Å². The largest absolute Gasteiger partial charge is 0.325 e. The number of nitrogens with zero attached hydrogens (tertiary/aromatic N) is 1. The Bertz CT molecular complexity index is 465. The minimum absolute atomic E-state index is 0.0595. The van der Waals surface area contributed by atoms with Crippen LogP contribution in [0.1, 0.15) is 19.3 Å². The van der Waals surface area contributed by atoms with Gasteiger partial charge in [0.25, 0.3) is 0 Å². The van der Waals surface area contributed by atoms with E-state index < -0.39 is 0 Å². The Morgan fingerprint density at radius 3 is 3.05 bits per heavy atom. The molecule has 4 nitrogen and oxygen atoms in total. The van der Waals surface area contributed by atoms with Gasteiger partial charge in [-0.1, -0.05) is 12.5 Å². The van der Waals surface area contributed by atoms with E-state index in [-0.39, 0.29) is 18.5 Å². The van der Waals surface area contributed by atoms with Gasteiger partial charge in [0.05, 0.1) is 12.6 Å². The van der Waals surface area contributed by atoms with Crippen molar-refractivity contribution < 1.29 is 9.59 Å². The molecule has 1 amide bonds. The SMILES string of the molecule is O=CC1CCCCN1CC(=O)Nc1cccc(I)c1. The fraction of sp³-hybridized carbons (Fsp3) is 0.429. The Morgan fingerprint density at radius 1 is 1.47 bits per heavy atom. The highest BCUT2D eigenvalue weighted by Gasteiger charge is 2.23. The summed E-state index contributed by atoms with van der Waals surface area (Å²) in [5.41, 5.74) is 0.802. The monoisotopic (exact) mass is 372 g/mol. The maximum atomic E-state index is 12.0. The van der Waals surface area contributed by atoms with Gasteiger partial charge in [0.1, 0.15) is 6.29 Å². The summed E-state index contributed by atoms with van der Waals surface area (Å²) in [6, 6.07) is 7.57. The molecule has 1 atom stereocenters. The van der Waals surface area contributed by atoms with Crippen molar-refractivity contribution in [2.24, 2.45) is 0 Å². The number of halogens is 1. The molecule has 1 heterocycles. The number of hydrogen-bond donors (Lipinski definition) is 1. The van der Waals surface area contributed by atoms with Crippen molar-refractivity contribution in [3.05, 3.63) is 27.8 Å². The molecule has 2 rings (SSSR count). The van der Waals surface area contributed by atoms with Crippen molar-refractivity contribution in [3.8, 4) is 0 Å². The minimum atomic E-state index is -0.101. The first-order valence-electron chi connectivity index (χ1n) is 6.44. The average molecular weight is 372 g/mol. The molecule has 19 heavy (non-hydrogen) atoms. The van der Waals surface area contributed by atoms with Crippen LogP contribution in [0.3, 0.4) is 0 Å². The zero-order valence-corrected chi connectivity index (χ0v) is 12.8. The number of amides is 1. The lowest BCUT2D eigenvalue weighted by Gasteiger charge is -2.31. The number of rotatable bonds is 4. The number of benzene rings is 1. The van der Waals surface area contributed by atoms with Gasteiger partial charge >= 0.3 is 0 Å². The molecule has 1 saturated heterocycles. The first-order chi connectivity index (χ1) is 9.19. The van der Waals surface area contributed by atoms with E-state index in [9.17, 15) is 9.59 Å². The van der Waals surface area contributed by atoms with Crippen molar-refractivity contribution in [2.75, 3.05) is 18.4 Å². The summed E-state index contributed by atoms with van der Waals surface area (Å²) in [6.45, 7) is 1.11. The van der Waals surface area contributed by atoms with Crippen molar-refractivity contribution in [3.63, 3.8) is 0 Å². The van der Waals surface area contributed by atoms with E-state index in [1.165, 1.54) is 0 Å². The molecule has 1 aromatic rings. The number of piperidine rings is 1. The molecular weight excluding hydrogens is 355 g/mol. The summed E-state index contributed by atoms with van der Waals surface area (Å²) in [4.78, 5) is 24.9. The lowest BCUT2D eigenvalue weighted by molar-refractivity contribution is -0.120. The molecular formula is C14H17IN2O2. The van der Waals surface area contributed by atoms with Crippen molar-refractivity contribution in [1.82, 2.24) is 4.90 Å². The van der Waals surface area contributed by atoms with E-state index in [1.807, 2.05) is 29.2 Å². The maximum Gasteiger partial charge on any atom is 0.238 e. The van der Waals surface area contributed by atoms with E-state index in [1.54, 1.807) is 0 Å². The van der Waals surface area contributed by atoms with Crippen LogP contribution in [-0.2, 0) is 9.59 Å². The highest BCUT2D eigenvalue weighted by atomic mass is 127. The van der Waals surface area contributed by atoms with Gasteiger partial charge in [-0.05, 0) is 60.2 Å². The summed E-state index contributed by atoms with van der Waals surface area (Å²) in [5.74, 6) is -0.0595. The summed E-state index contributed by atoms with van der Waals surface area (Å²) in [6.07, 6.45) is 3.94. The number of nitrogens with one attached hydrogen (secondary N) is 1. The first kappa shape index (κ1) is 14.5. The van der Waals surface area contributed by atoms with E-state index in [4.69, 9.17) is 0 Å². The molecule has 102 valence electrons.